The predicted octanol–water partition coefficient (Wildman–Crippen LogP) is 6.05. The van der Waals surface area contributed by atoms with E-state index in [1.807, 2.05) is 51.5 Å². The van der Waals surface area contributed by atoms with Crippen LogP contribution < -0.4 is 0 Å². The first-order chi connectivity index (χ1) is 10.4. The molecule has 0 radical (unpaired) electrons. The van der Waals surface area contributed by atoms with Crippen LogP contribution in [0.3, 0.4) is 0 Å². The van der Waals surface area contributed by atoms with Gasteiger partial charge in [-0.3, -0.25) is 0 Å². The topological polar surface area (TPSA) is 17.8 Å². The maximum absolute atomic E-state index is 4.28. The van der Waals surface area contributed by atoms with Crippen molar-refractivity contribution in [2.45, 2.75) is 55.0 Å². The standard InChI is InChI=1S/C18H26N2.C2H6/c1-7-9-10-16(8-2)13-20-14-19-12-17(20)15(3)11-18(4,5)6;1-2/h7-12,14H,2,13H2,1,3-6H3;1-2H3/b9-7-,15-11?,16-10+;. The van der Waals surface area contributed by atoms with E-state index < -0.39 is 0 Å². The SMILES string of the molecule is C=C/C(=C\C=C/C)Cn1cncc1C(C)=CC(C)(C)C.CC. The van der Waals surface area contributed by atoms with Gasteiger partial charge in [-0.2, -0.15) is 0 Å². The van der Waals surface area contributed by atoms with E-state index in [1.165, 1.54) is 11.1 Å². The van der Waals surface area contributed by atoms with Crippen LogP contribution in [0.25, 0.3) is 5.57 Å². The number of rotatable bonds is 5. The van der Waals surface area contributed by atoms with Gasteiger partial charge in [-0.15, -0.1) is 0 Å². The van der Waals surface area contributed by atoms with E-state index in [0.29, 0.717) is 0 Å². The molecule has 0 aliphatic carbocycles. The lowest BCUT2D eigenvalue weighted by Gasteiger charge is -2.15. The third-order valence-electron chi connectivity index (χ3n) is 2.88. The molecule has 1 rings (SSSR count). The Hall–Kier alpha value is -1.83. The molecule has 0 atom stereocenters. The van der Waals surface area contributed by atoms with E-state index in [1.54, 1.807) is 0 Å². The van der Waals surface area contributed by atoms with Gasteiger partial charge < -0.3 is 4.57 Å². The lowest BCUT2D eigenvalue weighted by Crippen LogP contribution is -2.05. The van der Waals surface area contributed by atoms with Gasteiger partial charge in [0.2, 0.25) is 0 Å². The molecule has 0 aromatic carbocycles. The molecule has 0 spiro atoms. The van der Waals surface area contributed by atoms with Crippen molar-refractivity contribution >= 4 is 5.57 Å². The Kier molecular flexibility index (Phi) is 9.16. The van der Waals surface area contributed by atoms with Crippen molar-refractivity contribution in [1.29, 1.82) is 0 Å². The lowest BCUT2D eigenvalue weighted by atomic mass is 9.93. The summed E-state index contributed by atoms with van der Waals surface area (Å²) in [5, 5.41) is 0. The fourth-order valence-corrected chi connectivity index (χ4v) is 2.10. The number of hydrogen-bond donors (Lipinski definition) is 0. The third-order valence-corrected chi connectivity index (χ3v) is 2.88. The van der Waals surface area contributed by atoms with Crippen LogP contribution in [0.2, 0.25) is 0 Å². The Balaban J connectivity index is 0.00000211. The Morgan fingerprint density at radius 3 is 2.45 bits per heavy atom. The summed E-state index contributed by atoms with van der Waals surface area (Å²) in [6.45, 7) is 19.4. The van der Waals surface area contributed by atoms with Crippen LogP contribution in [-0.2, 0) is 6.54 Å². The molecular formula is C20H32N2. The molecule has 1 heterocycles. The van der Waals surface area contributed by atoms with Gasteiger partial charge in [0, 0.05) is 6.54 Å². The van der Waals surface area contributed by atoms with Crippen molar-refractivity contribution in [2.75, 3.05) is 0 Å². The van der Waals surface area contributed by atoms with Gasteiger partial charge in [0.25, 0.3) is 0 Å². The van der Waals surface area contributed by atoms with E-state index in [4.69, 9.17) is 0 Å². The second kappa shape index (κ2) is 9.99. The highest BCUT2D eigenvalue weighted by Crippen LogP contribution is 2.23. The van der Waals surface area contributed by atoms with Gasteiger partial charge in [-0.1, -0.05) is 71.6 Å². The van der Waals surface area contributed by atoms with Gasteiger partial charge in [0.15, 0.2) is 0 Å². The Labute approximate surface area is 137 Å². The Bertz CT molecular complexity index is 534. The average molecular weight is 300 g/mol. The quantitative estimate of drug-likeness (QED) is 0.605. The highest BCUT2D eigenvalue weighted by molar-refractivity contribution is 5.61. The van der Waals surface area contributed by atoms with Crippen LogP contribution in [0.4, 0.5) is 0 Å². The van der Waals surface area contributed by atoms with Crippen LogP contribution in [0, 0.1) is 5.41 Å². The molecular weight excluding hydrogens is 268 g/mol. The van der Waals surface area contributed by atoms with Crippen molar-refractivity contribution < 1.29 is 0 Å². The molecule has 0 saturated carbocycles. The van der Waals surface area contributed by atoms with Crippen molar-refractivity contribution in [3.05, 3.63) is 60.8 Å². The first kappa shape index (κ1) is 20.2. The molecule has 122 valence electrons. The first-order valence-corrected chi connectivity index (χ1v) is 8.01. The molecule has 2 nitrogen and oxygen atoms in total. The fraction of sp³-hybridized carbons (Fsp3) is 0.450. The maximum atomic E-state index is 4.28. The minimum absolute atomic E-state index is 0.168. The van der Waals surface area contributed by atoms with Gasteiger partial charge >= 0.3 is 0 Å². The van der Waals surface area contributed by atoms with E-state index in [2.05, 4.69) is 56.0 Å². The fourth-order valence-electron chi connectivity index (χ4n) is 2.10. The second-order valence-corrected chi connectivity index (χ2v) is 6.07. The minimum atomic E-state index is 0.168. The molecule has 22 heavy (non-hydrogen) atoms. The summed E-state index contributed by atoms with van der Waals surface area (Å²) in [7, 11) is 0. The zero-order valence-corrected chi connectivity index (χ0v) is 15.4. The summed E-state index contributed by atoms with van der Waals surface area (Å²) in [4.78, 5) is 4.28. The molecule has 1 aromatic rings. The maximum Gasteiger partial charge on any atom is 0.0954 e. The molecule has 0 aliphatic rings. The van der Waals surface area contributed by atoms with Crippen LogP contribution in [0.1, 0.15) is 54.2 Å². The van der Waals surface area contributed by atoms with Crippen LogP contribution in [0.15, 0.2) is 55.1 Å². The highest BCUT2D eigenvalue weighted by Gasteiger charge is 2.10. The van der Waals surface area contributed by atoms with Crippen molar-refractivity contribution in [3.8, 4) is 0 Å². The first-order valence-electron chi connectivity index (χ1n) is 8.01. The molecule has 0 N–H and O–H groups in total. The molecule has 0 amide bonds. The monoisotopic (exact) mass is 300 g/mol. The molecule has 0 unspecified atom stereocenters. The number of aromatic nitrogens is 2. The number of nitrogens with zero attached hydrogens (tertiary/aromatic N) is 2. The molecule has 2 heteroatoms. The van der Waals surface area contributed by atoms with E-state index in [9.17, 15) is 0 Å². The Morgan fingerprint density at radius 2 is 1.95 bits per heavy atom. The predicted molar refractivity (Wildman–Crippen MR) is 99.8 cm³/mol. The number of hydrogen-bond acceptors (Lipinski definition) is 1. The molecule has 0 saturated heterocycles. The Morgan fingerprint density at radius 1 is 1.32 bits per heavy atom. The van der Waals surface area contributed by atoms with Crippen molar-refractivity contribution in [3.63, 3.8) is 0 Å². The summed E-state index contributed by atoms with van der Waals surface area (Å²) < 4.78 is 2.16. The third kappa shape index (κ3) is 7.26. The molecule has 0 bridgehead atoms. The van der Waals surface area contributed by atoms with E-state index >= 15 is 0 Å². The van der Waals surface area contributed by atoms with E-state index in [0.717, 1.165) is 12.2 Å². The summed E-state index contributed by atoms with van der Waals surface area (Å²) in [6.07, 6.45) is 14.1. The van der Waals surface area contributed by atoms with Gasteiger partial charge in [-0.25, -0.2) is 4.98 Å². The normalized spacial score (nSPS) is 13.0. The van der Waals surface area contributed by atoms with Gasteiger partial charge in [0.05, 0.1) is 18.2 Å². The highest BCUT2D eigenvalue weighted by atomic mass is 15.0. The summed E-state index contributed by atoms with van der Waals surface area (Å²) in [6, 6.07) is 0. The summed E-state index contributed by atoms with van der Waals surface area (Å²) >= 11 is 0. The summed E-state index contributed by atoms with van der Waals surface area (Å²) in [5.74, 6) is 0. The molecule has 1 aromatic heterocycles. The lowest BCUT2D eigenvalue weighted by molar-refractivity contribution is 0.545. The van der Waals surface area contributed by atoms with Crippen LogP contribution >= 0.6 is 0 Å². The zero-order chi connectivity index (χ0) is 17.2. The summed E-state index contributed by atoms with van der Waals surface area (Å²) in [5.41, 5.74) is 3.75. The number of allylic oxidation sites excluding steroid dienone is 7. The number of imidazole rings is 1. The second-order valence-electron chi connectivity index (χ2n) is 6.07. The smallest absolute Gasteiger partial charge is 0.0954 e. The van der Waals surface area contributed by atoms with Gasteiger partial charge in [-0.05, 0) is 30.4 Å². The van der Waals surface area contributed by atoms with E-state index in [-0.39, 0.29) is 5.41 Å². The van der Waals surface area contributed by atoms with Gasteiger partial charge in [0.1, 0.15) is 0 Å². The molecule has 0 fully saturated rings. The minimum Gasteiger partial charge on any atom is -0.326 e. The molecule has 0 aliphatic heterocycles. The zero-order valence-electron chi connectivity index (χ0n) is 15.4. The van der Waals surface area contributed by atoms with Crippen LogP contribution in [0.5, 0.6) is 0 Å². The van der Waals surface area contributed by atoms with Crippen molar-refractivity contribution in [1.82, 2.24) is 9.55 Å². The van der Waals surface area contributed by atoms with Crippen LogP contribution in [-0.4, -0.2) is 9.55 Å². The largest absolute Gasteiger partial charge is 0.326 e. The average Bonchev–Trinajstić information content (AvgIpc) is 2.92. The van der Waals surface area contributed by atoms with Crippen molar-refractivity contribution in [2.24, 2.45) is 5.41 Å².